The van der Waals surface area contributed by atoms with Crippen molar-refractivity contribution in [2.45, 2.75) is 4.90 Å². The van der Waals surface area contributed by atoms with Crippen LogP contribution in [0.3, 0.4) is 0 Å². The number of amides is 1. The minimum Gasteiger partial charge on any atom is -0.379 e. The zero-order chi connectivity index (χ0) is 25.1. The average Bonchev–Trinajstić information content (AvgIpc) is 3.37. The fourth-order valence-corrected chi connectivity index (χ4v) is 5.79. The van der Waals surface area contributed by atoms with E-state index in [0.29, 0.717) is 43.4 Å². The molecule has 0 unspecified atom stereocenters. The largest absolute Gasteiger partial charge is 0.379 e. The van der Waals surface area contributed by atoms with E-state index >= 15 is 0 Å². The highest BCUT2D eigenvalue weighted by Crippen LogP contribution is 2.29. The summed E-state index contributed by atoms with van der Waals surface area (Å²) in [5, 5.41) is 6.52. The van der Waals surface area contributed by atoms with E-state index < -0.39 is 15.9 Å². The molecule has 2 aliphatic rings. The number of piperazine rings is 1. The number of ether oxygens (including phenoxy) is 1. The third kappa shape index (κ3) is 5.07. The van der Waals surface area contributed by atoms with Crippen LogP contribution in [-0.4, -0.2) is 81.1 Å². The molecule has 0 radical (unpaired) electrons. The van der Waals surface area contributed by atoms with Crippen molar-refractivity contribution >= 4 is 33.3 Å². The second-order valence-electron chi connectivity index (χ2n) is 8.64. The number of rotatable bonds is 7. The Morgan fingerprint density at radius 3 is 2.44 bits per heavy atom. The summed E-state index contributed by atoms with van der Waals surface area (Å²) in [6, 6.07) is 12.1. The van der Waals surface area contributed by atoms with Crippen molar-refractivity contribution in [2.24, 2.45) is 5.73 Å². The second-order valence-corrected chi connectivity index (χ2v) is 10.6. The van der Waals surface area contributed by atoms with Gasteiger partial charge in [0.1, 0.15) is 11.6 Å². The van der Waals surface area contributed by atoms with Crippen LogP contribution in [0.4, 0.5) is 17.3 Å². The first-order valence-electron chi connectivity index (χ1n) is 11.8. The molecule has 2 aromatic heterocycles. The van der Waals surface area contributed by atoms with E-state index in [4.69, 9.17) is 10.5 Å². The molecule has 12 heteroatoms. The number of anilines is 3. The third-order valence-electron chi connectivity index (χ3n) is 6.30. The van der Waals surface area contributed by atoms with E-state index in [1.165, 1.54) is 4.31 Å². The maximum atomic E-state index is 12.8. The maximum Gasteiger partial charge on any atom is 0.252 e. The van der Waals surface area contributed by atoms with E-state index in [1.54, 1.807) is 36.5 Å². The Labute approximate surface area is 209 Å². The van der Waals surface area contributed by atoms with E-state index in [9.17, 15) is 13.2 Å². The first-order valence-corrected chi connectivity index (χ1v) is 13.3. The summed E-state index contributed by atoms with van der Waals surface area (Å²) in [6.07, 6.45) is 1.67. The molecule has 1 aromatic carbocycles. The molecule has 11 nitrogen and oxygen atoms in total. The lowest BCUT2D eigenvalue weighted by Gasteiger charge is -2.28. The van der Waals surface area contributed by atoms with Gasteiger partial charge in [0, 0.05) is 62.4 Å². The molecule has 0 saturated carbocycles. The Morgan fingerprint density at radius 1 is 1.03 bits per heavy atom. The quantitative estimate of drug-likeness (QED) is 0.372. The number of carbonyl (C=O) groups excluding carboxylic acids is 1. The highest BCUT2D eigenvalue weighted by atomic mass is 32.2. The lowest BCUT2D eigenvalue weighted by Crippen LogP contribution is -2.44. The maximum absolute atomic E-state index is 12.8. The molecular formula is C24H29N7O4S. The number of aromatic amines is 1. The summed E-state index contributed by atoms with van der Waals surface area (Å²) in [5.74, 6) is 0.822. The van der Waals surface area contributed by atoms with Gasteiger partial charge < -0.3 is 31.0 Å². The zero-order valence-corrected chi connectivity index (χ0v) is 20.6. The van der Waals surface area contributed by atoms with Crippen LogP contribution >= 0.6 is 0 Å². The Hall–Kier alpha value is -3.45. The summed E-state index contributed by atoms with van der Waals surface area (Å²) in [5.41, 5.74) is 8.41. The first kappa shape index (κ1) is 24.3. The van der Waals surface area contributed by atoms with E-state index in [-0.39, 0.29) is 4.90 Å². The Morgan fingerprint density at radius 2 is 1.75 bits per heavy atom. The molecule has 2 aliphatic heterocycles. The van der Waals surface area contributed by atoms with E-state index in [1.807, 2.05) is 12.1 Å². The van der Waals surface area contributed by atoms with Gasteiger partial charge in [0.15, 0.2) is 0 Å². The molecule has 4 heterocycles. The first-order chi connectivity index (χ1) is 17.4. The van der Waals surface area contributed by atoms with Crippen molar-refractivity contribution in [1.82, 2.24) is 19.6 Å². The van der Waals surface area contributed by atoms with Crippen LogP contribution < -0.4 is 21.3 Å². The third-order valence-corrected chi connectivity index (χ3v) is 8.21. The number of nitrogens with two attached hydrogens (primary N) is 1. The van der Waals surface area contributed by atoms with Crippen molar-refractivity contribution < 1.29 is 17.9 Å². The number of H-pyrrole nitrogens is 1. The molecule has 0 spiro atoms. The summed E-state index contributed by atoms with van der Waals surface area (Å²) in [7, 11) is -3.55. The number of aromatic nitrogens is 2. The molecule has 0 bridgehead atoms. The van der Waals surface area contributed by atoms with Gasteiger partial charge in [-0.2, -0.15) is 4.31 Å². The number of nitrogens with one attached hydrogen (secondary N) is 3. The van der Waals surface area contributed by atoms with Gasteiger partial charge in [-0.15, -0.1) is 0 Å². The van der Waals surface area contributed by atoms with Crippen LogP contribution in [0.25, 0.3) is 11.3 Å². The fraction of sp³-hybridized carbons (Fsp3) is 0.333. The van der Waals surface area contributed by atoms with Gasteiger partial charge in [-0.3, -0.25) is 4.79 Å². The zero-order valence-electron chi connectivity index (χ0n) is 19.7. The monoisotopic (exact) mass is 511 g/mol. The van der Waals surface area contributed by atoms with Crippen molar-refractivity contribution in [3.8, 4) is 11.3 Å². The Kier molecular flexibility index (Phi) is 6.92. The Bertz CT molecular complexity index is 1330. The number of sulfonamides is 1. The predicted octanol–water partition coefficient (Wildman–Crippen LogP) is 1.35. The predicted molar refractivity (Wildman–Crippen MR) is 137 cm³/mol. The van der Waals surface area contributed by atoms with E-state index in [2.05, 4.69) is 25.5 Å². The fourth-order valence-electron chi connectivity index (χ4n) is 4.39. The van der Waals surface area contributed by atoms with Gasteiger partial charge >= 0.3 is 0 Å². The number of morpholine rings is 1. The summed E-state index contributed by atoms with van der Waals surface area (Å²) >= 11 is 0. The number of pyridine rings is 1. The number of hydrogen-bond donors (Lipinski definition) is 4. The Balaban J connectivity index is 1.34. The molecular weight excluding hydrogens is 482 g/mol. The van der Waals surface area contributed by atoms with E-state index in [0.717, 1.165) is 43.3 Å². The molecule has 5 N–H and O–H groups in total. The molecule has 190 valence electrons. The van der Waals surface area contributed by atoms with Gasteiger partial charge in [0.05, 0.1) is 23.7 Å². The lowest BCUT2D eigenvalue weighted by atomic mass is 10.1. The smallest absolute Gasteiger partial charge is 0.252 e. The molecule has 5 rings (SSSR count). The molecule has 0 aliphatic carbocycles. The SMILES string of the molecule is NC(=O)c1cc(-c2ccnc(Nc3ccc(S(=O)(=O)N4CCOCC4)cc3)c2)[nH]c1N1CCNCC1. The highest BCUT2D eigenvalue weighted by molar-refractivity contribution is 7.89. The van der Waals surface area contributed by atoms with Gasteiger partial charge in [-0.25, -0.2) is 13.4 Å². The summed E-state index contributed by atoms with van der Waals surface area (Å²) < 4.78 is 32.4. The van der Waals surface area contributed by atoms with Crippen molar-refractivity contribution in [1.29, 1.82) is 0 Å². The van der Waals surface area contributed by atoms with Crippen LogP contribution in [0.1, 0.15) is 10.4 Å². The van der Waals surface area contributed by atoms with Crippen LogP contribution in [0.5, 0.6) is 0 Å². The van der Waals surface area contributed by atoms with Crippen LogP contribution in [0, 0.1) is 0 Å². The van der Waals surface area contributed by atoms with Crippen molar-refractivity contribution in [2.75, 3.05) is 62.7 Å². The number of carbonyl (C=O) groups is 1. The standard InChI is InChI=1S/C24H29N7O4S/c25-23(32)20-16-21(29-24(20)30-9-7-26-8-10-30)17-5-6-27-22(15-17)28-18-1-3-19(4-2-18)36(33,34)31-11-13-35-14-12-31/h1-6,15-16,26,29H,7-14H2,(H2,25,32)(H,27,28). The topological polar surface area (TPSA) is 146 Å². The minimum atomic E-state index is -3.55. The molecule has 2 saturated heterocycles. The summed E-state index contributed by atoms with van der Waals surface area (Å²) in [4.78, 5) is 22.2. The highest BCUT2D eigenvalue weighted by Gasteiger charge is 2.26. The van der Waals surface area contributed by atoms with Crippen LogP contribution in [0.2, 0.25) is 0 Å². The van der Waals surface area contributed by atoms with Crippen LogP contribution in [-0.2, 0) is 14.8 Å². The average molecular weight is 512 g/mol. The molecule has 0 atom stereocenters. The minimum absolute atomic E-state index is 0.238. The van der Waals surface area contributed by atoms with Gasteiger partial charge in [0.2, 0.25) is 10.0 Å². The normalized spacial score (nSPS) is 17.2. The van der Waals surface area contributed by atoms with Crippen molar-refractivity contribution in [3.63, 3.8) is 0 Å². The second kappa shape index (κ2) is 10.3. The van der Waals surface area contributed by atoms with Crippen molar-refractivity contribution in [3.05, 3.63) is 54.2 Å². The molecule has 36 heavy (non-hydrogen) atoms. The van der Waals surface area contributed by atoms with Gasteiger partial charge in [-0.1, -0.05) is 0 Å². The number of hydrogen-bond acceptors (Lipinski definition) is 8. The summed E-state index contributed by atoms with van der Waals surface area (Å²) in [6.45, 7) is 4.74. The lowest BCUT2D eigenvalue weighted by molar-refractivity contribution is 0.0730. The van der Waals surface area contributed by atoms with Gasteiger partial charge in [-0.05, 0) is 42.5 Å². The van der Waals surface area contributed by atoms with Crippen LogP contribution in [0.15, 0.2) is 53.6 Å². The molecule has 2 fully saturated rings. The molecule has 3 aromatic rings. The number of nitrogens with zero attached hydrogens (tertiary/aromatic N) is 3. The number of benzene rings is 1. The van der Waals surface area contributed by atoms with Gasteiger partial charge in [0.25, 0.3) is 5.91 Å². The molecule has 1 amide bonds. The number of primary amides is 1.